The van der Waals surface area contributed by atoms with E-state index in [0.717, 1.165) is 17.2 Å². The Kier molecular flexibility index (Phi) is 3.26. The zero-order valence-electron chi connectivity index (χ0n) is 8.71. The molecule has 5 heteroatoms. The lowest BCUT2D eigenvalue weighted by Gasteiger charge is -1.95. The van der Waals surface area contributed by atoms with Crippen molar-refractivity contribution in [1.82, 2.24) is 9.36 Å². The predicted molar refractivity (Wildman–Crippen MR) is 61.3 cm³/mol. The quantitative estimate of drug-likeness (QED) is 0.765. The highest BCUT2D eigenvalue weighted by molar-refractivity contribution is 7.08. The van der Waals surface area contributed by atoms with Gasteiger partial charge in [0.25, 0.3) is 0 Å². The van der Waals surface area contributed by atoms with E-state index in [0.29, 0.717) is 17.2 Å². The van der Waals surface area contributed by atoms with Crippen LogP contribution in [0.25, 0.3) is 11.4 Å². The van der Waals surface area contributed by atoms with E-state index in [1.807, 2.05) is 18.2 Å². The Morgan fingerprint density at radius 2 is 2.31 bits per heavy atom. The summed E-state index contributed by atoms with van der Waals surface area (Å²) in [6.45, 7) is 2.15. The number of carbonyl (C=O) groups is 1. The molecule has 0 saturated heterocycles. The van der Waals surface area contributed by atoms with Gasteiger partial charge in [0.2, 0.25) is 0 Å². The number of pyridine rings is 1. The van der Waals surface area contributed by atoms with Crippen molar-refractivity contribution in [2.75, 3.05) is 6.61 Å². The summed E-state index contributed by atoms with van der Waals surface area (Å²) < 4.78 is 9.06. The van der Waals surface area contributed by atoms with Gasteiger partial charge in [-0.05, 0) is 36.7 Å². The van der Waals surface area contributed by atoms with Gasteiger partial charge in [-0.3, -0.25) is 4.98 Å². The van der Waals surface area contributed by atoms with Crippen LogP contribution >= 0.6 is 11.5 Å². The van der Waals surface area contributed by atoms with Gasteiger partial charge in [-0.2, -0.15) is 4.37 Å². The van der Waals surface area contributed by atoms with Gasteiger partial charge < -0.3 is 4.74 Å². The topological polar surface area (TPSA) is 52.1 Å². The third kappa shape index (κ3) is 2.25. The van der Waals surface area contributed by atoms with E-state index in [1.54, 1.807) is 19.2 Å². The molecule has 0 radical (unpaired) electrons. The average molecular weight is 234 g/mol. The van der Waals surface area contributed by atoms with Crippen LogP contribution in [0.15, 0.2) is 30.5 Å². The van der Waals surface area contributed by atoms with E-state index < -0.39 is 0 Å². The minimum atomic E-state index is -0.331. The molecule has 0 aromatic carbocycles. The molecule has 0 aliphatic heterocycles. The van der Waals surface area contributed by atoms with Crippen molar-refractivity contribution >= 4 is 17.5 Å². The Balaban J connectivity index is 2.23. The normalized spacial score (nSPS) is 10.1. The van der Waals surface area contributed by atoms with Gasteiger partial charge in [0.15, 0.2) is 0 Å². The zero-order chi connectivity index (χ0) is 11.4. The number of hydrogen-bond acceptors (Lipinski definition) is 5. The first kappa shape index (κ1) is 10.8. The van der Waals surface area contributed by atoms with Gasteiger partial charge in [0, 0.05) is 6.20 Å². The molecular formula is C11H10N2O2S. The van der Waals surface area contributed by atoms with Crippen LogP contribution in [0.3, 0.4) is 0 Å². The molecule has 0 aliphatic carbocycles. The van der Waals surface area contributed by atoms with E-state index in [1.165, 1.54) is 0 Å². The van der Waals surface area contributed by atoms with Gasteiger partial charge in [-0.25, -0.2) is 4.79 Å². The molecule has 2 aromatic rings. The summed E-state index contributed by atoms with van der Waals surface area (Å²) in [6, 6.07) is 7.27. The molecule has 4 nitrogen and oxygen atoms in total. The van der Waals surface area contributed by atoms with Crippen LogP contribution in [0, 0.1) is 0 Å². The van der Waals surface area contributed by atoms with Crippen LogP contribution < -0.4 is 0 Å². The van der Waals surface area contributed by atoms with Crippen LogP contribution in [0.2, 0.25) is 0 Å². The minimum absolute atomic E-state index is 0.331. The molecule has 0 N–H and O–H groups in total. The molecule has 0 aliphatic rings. The highest BCUT2D eigenvalue weighted by Gasteiger charge is 2.12. The first-order valence-electron chi connectivity index (χ1n) is 4.86. The summed E-state index contributed by atoms with van der Waals surface area (Å²) >= 11 is 1.13. The summed E-state index contributed by atoms with van der Waals surface area (Å²) in [5, 5.41) is 0. The summed E-state index contributed by atoms with van der Waals surface area (Å²) in [5.41, 5.74) is 1.46. The number of carbonyl (C=O) groups excluding carboxylic acids is 1. The van der Waals surface area contributed by atoms with Crippen molar-refractivity contribution in [3.05, 3.63) is 35.3 Å². The standard InChI is InChI=1S/C11H10N2O2S/c1-2-15-11(14)10-7-9(13-16-10)8-5-3-4-6-12-8/h3-7H,2H2,1H3. The van der Waals surface area contributed by atoms with Crippen LogP contribution in [-0.2, 0) is 4.74 Å². The van der Waals surface area contributed by atoms with E-state index in [2.05, 4.69) is 9.36 Å². The third-order valence-corrected chi connectivity index (χ3v) is 2.68. The minimum Gasteiger partial charge on any atom is -0.462 e. The Morgan fingerprint density at radius 1 is 1.44 bits per heavy atom. The van der Waals surface area contributed by atoms with E-state index in [9.17, 15) is 4.79 Å². The van der Waals surface area contributed by atoms with E-state index >= 15 is 0 Å². The monoisotopic (exact) mass is 234 g/mol. The molecule has 0 bridgehead atoms. The van der Waals surface area contributed by atoms with Crippen molar-refractivity contribution in [1.29, 1.82) is 0 Å². The molecular weight excluding hydrogens is 224 g/mol. The molecule has 16 heavy (non-hydrogen) atoms. The first-order chi connectivity index (χ1) is 7.81. The summed E-state index contributed by atoms with van der Waals surface area (Å²) in [6.07, 6.45) is 1.69. The van der Waals surface area contributed by atoms with Crippen LogP contribution in [0.4, 0.5) is 0 Å². The van der Waals surface area contributed by atoms with E-state index in [-0.39, 0.29) is 5.97 Å². The smallest absolute Gasteiger partial charge is 0.349 e. The maximum Gasteiger partial charge on any atom is 0.349 e. The number of hydrogen-bond donors (Lipinski definition) is 0. The van der Waals surface area contributed by atoms with Crippen molar-refractivity contribution in [2.45, 2.75) is 6.92 Å². The number of esters is 1. The Hall–Kier alpha value is -1.75. The van der Waals surface area contributed by atoms with Gasteiger partial charge in [-0.1, -0.05) is 6.07 Å². The van der Waals surface area contributed by atoms with Crippen LogP contribution in [0.5, 0.6) is 0 Å². The fraction of sp³-hybridized carbons (Fsp3) is 0.182. The fourth-order valence-electron chi connectivity index (χ4n) is 1.21. The lowest BCUT2D eigenvalue weighted by molar-refractivity contribution is 0.0532. The second-order valence-electron chi connectivity index (χ2n) is 3.01. The lowest BCUT2D eigenvalue weighted by atomic mass is 10.2. The molecule has 0 saturated carbocycles. The molecule has 82 valence electrons. The molecule has 0 atom stereocenters. The van der Waals surface area contributed by atoms with Crippen LogP contribution in [0.1, 0.15) is 16.6 Å². The summed E-state index contributed by atoms with van der Waals surface area (Å²) in [5.74, 6) is -0.331. The first-order valence-corrected chi connectivity index (χ1v) is 5.64. The summed E-state index contributed by atoms with van der Waals surface area (Å²) in [4.78, 5) is 16.1. The highest BCUT2D eigenvalue weighted by atomic mass is 32.1. The van der Waals surface area contributed by atoms with Crippen LogP contribution in [-0.4, -0.2) is 21.9 Å². The molecule has 0 unspecified atom stereocenters. The van der Waals surface area contributed by atoms with E-state index in [4.69, 9.17) is 4.74 Å². The molecule has 2 aromatic heterocycles. The van der Waals surface area contributed by atoms with Crippen molar-refractivity contribution in [3.8, 4) is 11.4 Å². The number of rotatable bonds is 3. The number of nitrogens with zero attached hydrogens (tertiary/aromatic N) is 2. The molecule has 2 heterocycles. The van der Waals surface area contributed by atoms with Gasteiger partial charge in [0.05, 0.1) is 12.3 Å². The molecule has 0 amide bonds. The fourth-order valence-corrected chi connectivity index (χ4v) is 1.85. The Labute approximate surface area is 97.1 Å². The zero-order valence-corrected chi connectivity index (χ0v) is 9.53. The Bertz CT molecular complexity index is 482. The summed E-state index contributed by atoms with van der Waals surface area (Å²) in [7, 11) is 0. The number of aromatic nitrogens is 2. The maximum absolute atomic E-state index is 11.4. The SMILES string of the molecule is CCOC(=O)c1cc(-c2ccccn2)ns1. The molecule has 2 rings (SSSR count). The maximum atomic E-state index is 11.4. The van der Waals surface area contributed by atoms with Crippen molar-refractivity contribution < 1.29 is 9.53 Å². The largest absolute Gasteiger partial charge is 0.462 e. The van der Waals surface area contributed by atoms with Gasteiger partial charge in [-0.15, -0.1) is 0 Å². The third-order valence-electron chi connectivity index (χ3n) is 1.91. The van der Waals surface area contributed by atoms with Gasteiger partial charge in [0.1, 0.15) is 10.6 Å². The molecule has 0 fully saturated rings. The lowest BCUT2D eigenvalue weighted by Crippen LogP contribution is -2.01. The molecule has 0 spiro atoms. The Morgan fingerprint density at radius 3 is 3.00 bits per heavy atom. The highest BCUT2D eigenvalue weighted by Crippen LogP contribution is 2.20. The second kappa shape index (κ2) is 4.85. The average Bonchev–Trinajstić information content (AvgIpc) is 2.80. The van der Waals surface area contributed by atoms with Crippen molar-refractivity contribution in [3.63, 3.8) is 0 Å². The number of ether oxygens (including phenoxy) is 1. The van der Waals surface area contributed by atoms with Gasteiger partial charge >= 0.3 is 5.97 Å². The predicted octanol–water partition coefficient (Wildman–Crippen LogP) is 2.38. The van der Waals surface area contributed by atoms with Crippen molar-refractivity contribution in [2.24, 2.45) is 0 Å². The second-order valence-corrected chi connectivity index (χ2v) is 3.82.